The summed E-state index contributed by atoms with van der Waals surface area (Å²) < 4.78 is 36.8. The number of hydrogen-bond acceptors (Lipinski definition) is 8. The first-order chi connectivity index (χ1) is 24.1. The van der Waals surface area contributed by atoms with Crippen LogP contribution in [-0.4, -0.2) is 23.9 Å². The Hall–Kier alpha value is -6.61. The van der Waals surface area contributed by atoms with Crippen LogP contribution in [0.15, 0.2) is 127 Å². The van der Waals surface area contributed by atoms with Gasteiger partial charge in [0.1, 0.15) is 5.82 Å². The first-order valence-electron chi connectivity index (χ1n) is 15.5. The van der Waals surface area contributed by atoms with E-state index in [0.29, 0.717) is 22.3 Å². The van der Waals surface area contributed by atoms with Gasteiger partial charge in [-0.3, -0.25) is 0 Å². The van der Waals surface area contributed by atoms with Crippen molar-refractivity contribution in [3.63, 3.8) is 0 Å². The molecule has 0 saturated carbocycles. The van der Waals surface area contributed by atoms with Gasteiger partial charge in [-0.25, -0.2) is 23.6 Å². The topological polar surface area (TPSA) is 105 Å². The van der Waals surface area contributed by atoms with Gasteiger partial charge in [-0.1, -0.05) is 87.0 Å². The molecule has 0 aliphatic heterocycles. The molecular formula is C42H35FO8. The van der Waals surface area contributed by atoms with Crippen LogP contribution in [0.3, 0.4) is 0 Å². The summed E-state index contributed by atoms with van der Waals surface area (Å²) in [6.07, 6.45) is 3.39. The lowest BCUT2D eigenvalue weighted by Gasteiger charge is -2.13. The molecule has 0 bridgehead atoms. The molecule has 0 aromatic heterocycles. The van der Waals surface area contributed by atoms with Crippen molar-refractivity contribution in [2.24, 2.45) is 0 Å². The first kappa shape index (κ1) is 37.2. The van der Waals surface area contributed by atoms with Crippen LogP contribution in [-0.2, 0) is 19.2 Å². The second-order valence-electron chi connectivity index (χ2n) is 11.7. The molecule has 51 heavy (non-hydrogen) atoms. The maximum absolute atomic E-state index is 15.3. The van der Waals surface area contributed by atoms with Gasteiger partial charge < -0.3 is 18.9 Å². The van der Waals surface area contributed by atoms with Crippen LogP contribution in [0.2, 0.25) is 0 Å². The zero-order valence-electron chi connectivity index (χ0n) is 28.6. The van der Waals surface area contributed by atoms with Gasteiger partial charge in [-0.15, -0.1) is 0 Å². The molecule has 0 N–H and O–H groups in total. The maximum Gasteiger partial charge on any atom is 0.338 e. The van der Waals surface area contributed by atoms with Gasteiger partial charge >= 0.3 is 23.9 Å². The van der Waals surface area contributed by atoms with Crippen molar-refractivity contribution >= 4 is 36.0 Å². The average Bonchev–Trinajstić information content (AvgIpc) is 3.09. The summed E-state index contributed by atoms with van der Waals surface area (Å²) in [7, 11) is 0. The molecule has 4 aromatic rings. The highest BCUT2D eigenvalue weighted by Gasteiger charge is 2.18. The van der Waals surface area contributed by atoms with Crippen LogP contribution in [0.25, 0.3) is 34.4 Å². The number of rotatable bonds is 12. The standard InChI is InChI=1S/C42H35FO8/c1-24(2)39(44)48-35-19-17-32(22-37(35)50-41(46)26(5)6)29-12-9-28(10-13-29)11-14-30-15-16-31(21-34(30)43)33-18-20-36(49-40(45)25(3)4)38(23-33)51-42(47)27(7)8/h9-23H,1,3,5,7H2,2,4,6,8H3/b14-11+. The molecule has 0 amide bonds. The molecule has 0 aliphatic rings. The smallest absolute Gasteiger partial charge is 0.338 e. The van der Waals surface area contributed by atoms with Gasteiger partial charge in [0, 0.05) is 27.9 Å². The second kappa shape index (κ2) is 16.2. The Bertz CT molecular complexity index is 2140. The van der Waals surface area contributed by atoms with Gasteiger partial charge in [0.25, 0.3) is 0 Å². The van der Waals surface area contributed by atoms with E-state index in [2.05, 4.69) is 26.3 Å². The number of halogens is 1. The van der Waals surface area contributed by atoms with Crippen molar-refractivity contribution in [1.29, 1.82) is 0 Å². The zero-order chi connectivity index (χ0) is 37.4. The van der Waals surface area contributed by atoms with Gasteiger partial charge in [-0.05, 0) is 85.8 Å². The predicted octanol–water partition coefficient (Wildman–Crippen LogP) is 9.26. The molecule has 0 heterocycles. The van der Waals surface area contributed by atoms with Crippen molar-refractivity contribution in [3.8, 4) is 45.3 Å². The third-order valence-corrected chi connectivity index (χ3v) is 7.13. The molecule has 0 fully saturated rings. The molecule has 0 atom stereocenters. The van der Waals surface area contributed by atoms with E-state index >= 15 is 4.39 Å². The Morgan fingerprint density at radius 2 is 0.824 bits per heavy atom. The fourth-order valence-electron chi connectivity index (χ4n) is 4.27. The predicted molar refractivity (Wildman–Crippen MR) is 194 cm³/mol. The van der Waals surface area contributed by atoms with Crippen LogP contribution in [0.4, 0.5) is 4.39 Å². The normalized spacial score (nSPS) is 10.6. The summed E-state index contributed by atoms with van der Waals surface area (Å²) in [5.74, 6) is -3.17. The van der Waals surface area contributed by atoms with Crippen LogP contribution in [0.1, 0.15) is 38.8 Å². The summed E-state index contributed by atoms with van der Waals surface area (Å²) in [5, 5.41) is 0. The lowest BCUT2D eigenvalue weighted by atomic mass is 10.0. The van der Waals surface area contributed by atoms with E-state index in [9.17, 15) is 19.2 Å². The molecule has 0 radical (unpaired) electrons. The minimum absolute atomic E-state index is 0.000146. The largest absolute Gasteiger partial charge is 0.419 e. The maximum atomic E-state index is 15.3. The van der Waals surface area contributed by atoms with E-state index in [1.165, 1.54) is 52.0 Å². The average molecular weight is 687 g/mol. The van der Waals surface area contributed by atoms with Gasteiger partial charge in [0.05, 0.1) is 0 Å². The lowest BCUT2D eigenvalue weighted by Crippen LogP contribution is -2.12. The van der Waals surface area contributed by atoms with E-state index in [0.717, 1.165) is 11.1 Å². The van der Waals surface area contributed by atoms with E-state index in [4.69, 9.17) is 18.9 Å². The summed E-state index contributed by atoms with van der Waals surface area (Å²) in [6, 6.07) is 21.4. The highest BCUT2D eigenvalue weighted by atomic mass is 19.1. The Morgan fingerprint density at radius 1 is 0.471 bits per heavy atom. The van der Waals surface area contributed by atoms with Gasteiger partial charge in [0.2, 0.25) is 0 Å². The number of ether oxygens (including phenoxy) is 4. The number of benzene rings is 4. The minimum Gasteiger partial charge on any atom is -0.419 e. The first-order valence-corrected chi connectivity index (χ1v) is 15.5. The Morgan fingerprint density at radius 3 is 1.24 bits per heavy atom. The quantitative estimate of drug-likeness (QED) is 0.0629. The van der Waals surface area contributed by atoms with Crippen LogP contribution >= 0.6 is 0 Å². The number of carbonyl (C=O) groups is 4. The molecule has 9 heteroatoms. The van der Waals surface area contributed by atoms with Crippen LogP contribution < -0.4 is 18.9 Å². The summed E-state index contributed by atoms with van der Waals surface area (Å²) >= 11 is 0. The lowest BCUT2D eigenvalue weighted by molar-refractivity contribution is -0.132. The van der Waals surface area contributed by atoms with E-state index in [1.54, 1.807) is 42.5 Å². The molecule has 258 valence electrons. The van der Waals surface area contributed by atoms with Crippen molar-refractivity contribution in [3.05, 3.63) is 144 Å². The fourth-order valence-corrected chi connectivity index (χ4v) is 4.27. The van der Waals surface area contributed by atoms with Crippen molar-refractivity contribution < 1.29 is 42.5 Å². The summed E-state index contributed by atoms with van der Waals surface area (Å²) in [6.45, 7) is 20.3. The van der Waals surface area contributed by atoms with Gasteiger partial charge in [0.15, 0.2) is 23.0 Å². The van der Waals surface area contributed by atoms with Crippen molar-refractivity contribution in [1.82, 2.24) is 0 Å². The molecule has 0 unspecified atom stereocenters. The summed E-state index contributed by atoms with van der Waals surface area (Å²) in [5.41, 5.74) is 4.24. The van der Waals surface area contributed by atoms with Crippen molar-refractivity contribution in [2.75, 3.05) is 0 Å². The second-order valence-corrected chi connectivity index (χ2v) is 11.7. The third-order valence-electron chi connectivity index (χ3n) is 7.13. The highest BCUT2D eigenvalue weighted by molar-refractivity contribution is 5.92. The molecule has 0 spiro atoms. The number of hydrogen-bond donors (Lipinski definition) is 0. The monoisotopic (exact) mass is 686 g/mol. The molecule has 0 aliphatic carbocycles. The Kier molecular flexibility index (Phi) is 11.8. The van der Waals surface area contributed by atoms with Crippen LogP contribution in [0, 0.1) is 5.82 Å². The molecule has 0 saturated heterocycles. The third kappa shape index (κ3) is 9.73. The SMILES string of the molecule is C=C(C)C(=O)Oc1ccc(-c2ccc(/C=C/c3ccc(-c4ccc(OC(=O)C(=C)C)c(OC(=O)C(=C)C)c4)cc3F)cc2)cc1OC(=O)C(=C)C. The molecule has 8 nitrogen and oxygen atoms in total. The van der Waals surface area contributed by atoms with Crippen molar-refractivity contribution in [2.45, 2.75) is 27.7 Å². The Balaban J connectivity index is 1.55. The van der Waals surface area contributed by atoms with E-state index < -0.39 is 29.7 Å². The van der Waals surface area contributed by atoms with E-state index in [-0.39, 0.29) is 45.3 Å². The van der Waals surface area contributed by atoms with Gasteiger partial charge in [-0.2, -0.15) is 0 Å². The summed E-state index contributed by atoms with van der Waals surface area (Å²) in [4.78, 5) is 48.8. The molecule has 4 rings (SSSR count). The highest BCUT2D eigenvalue weighted by Crippen LogP contribution is 2.36. The van der Waals surface area contributed by atoms with Crippen LogP contribution in [0.5, 0.6) is 23.0 Å². The Labute approximate surface area is 295 Å². The molecule has 4 aromatic carbocycles. The number of carbonyl (C=O) groups excluding carboxylic acids is 4. The minimum atomic E-state index is -0.715. The zero-order valence-corrected chi connectivity index (χ0v) is 28.6. The number of esters is 4. The molecular weight excluding hydrogens is 651 g/mol. The fraction of sp³-hybridized carbons (Fsp3) is 0.0952. The van der Waals surface area contributed by atoms with E-state index in [1.807, 2.05) is 24.3 Å².